The Hall–Kier alpha value is -1.10. The molecule has 1 amide bonds. The first-order chi connectivity index (χ1) is 9.58. The molecule has 0 aromatic rings. The third kappa shape index (κ3) is 2.12. The van der Waals surface area contributed by atoms with Gasteiger partial charge in [-0.25, -0.2) is 0 Å². The average molecular weight is 281 g/mol. The summed E-state index contributed by atoms with van der Waals surface area (Å²) in [4.78, 5) is 25.3. The van der Waals surface area contributed by atoms with E-state index >= 15 is 0 Å². The molecule has 0 N–H and O–H groups in total. The summed E-state index contributed by atoms with van der Waals surface area (Å²) in [6.07, 6.45) is 7.52. The maximum atomic E-state index is 12.4. The van der Waals surface area contributed by atoms with Crippen LogP contribution < -0.4 is 0 Å². The van der Waals surface area contributed by atoms with E-state index in [1.54, 1.807) is 0 Å². The van der Waals surface area contributed by atoms with Crippen LogP contribution in [0.15, 0.2) is 0 Å². The Kier molecular flexibility index (Phi) is 3.48. The molecule has 1 atom stereocenters. The molecule has 3 rings (SSSR count). The van der Waals surface area contributed by atoms with Gasteiger partial charge in [-0.2, -0.15) is 0 Å². The van der Waals surface area contributed by atoms with Crippen molar-refractivity contribution in [3.8, 4) is 0 Å². The molecule has 0 aromatic carbocycles. The fourth-order valence-electron chi connectivity index (χ4n) is 4.12. The van der Waals surface area contributed by atoms with Gasteiger partial charge in [0, 0.05) is 19.8 Å². The number of fused-ring (bicyclic) bond motifs is 2. The van der Waals surface area contributed by atoms with Crippen molar-refractivity contribution < 1.29 is 19.1 Å². The lowest BCUT2D eigenvalue weighted by atomic mass is 9.88. The molecule has 2 aliphatic heterocycles. The van der Waals surface area contributed by atoms with Crippen molar-refractivity contribution in [2.75, 3.05) is 13.2 Å². The van der Waals surface area contributed by atoms with E-state index in [4.69, 9.17) is 9.47 Å². The highest BCUT2D eigenvalue weighted by atomic mass is 16.5. The van der Waals surface area contributed by atoms with Gasteiger partial charge in [0.1, 0.15) is 5.72 Å². The Morgan fingerprint density at radius 1 is 1.30 bits per heavy atom. The van der Waals surface area contributed by atoms with Gasteiger partial charge < -0.3 is 14.4 Å². The van der Waals surface area contributed by atoms with Crippen molar-refractivity contribution in [2.24, 2.45) is 0 Å². The van der Waals surface area contributed by atoms with Gasteiger partial charge in [-0.15, -0.1) is 0 Å². The number of hydrogen-bond donors (Lipinski definition) is 0. The Bertz CT molecular complexity index is 416. The SMILES string of the molecule is CC(=O)OCCC12CCC(=O)N1C1(CCCCC1)OC2. The summed E-state index contributed by atoms with van der Waals surface area (Å²) in [6.45, 7) is 2.39. The van der Waals surface area contributed by atoms with Crippen molar-refractivity contribution >= 4 is 11.9 Å². The van der Waals surface area contributed by atoms with Crippen LogP contribution in [0.2, 0.25) is 0 Å². The number of rotatable bonds is 3. The van der Waals surface area contributed by atoms with E-state index in [1.165, 1.54) is 13.3 Å². The summed E-state index contributed by atoms with van der Waals surface area (Å²) in [7, 11) is 0. The maximum absolute atomic E-state index is 12.4. The molecule has 3 aliphatic rings. The monoisotopic (exact) mass is 281 g/mol. The van der Waals surface area contributed by atoms with Crippen LogP contribution in [0.1, 0.15) is 58.3 Å². The molecular weight excluding hydrogens is 258 g/mol. The third-order valence-electron chi connectivity index (χ3n) is 5.05. The molecular formula is C15H23NO4. The van der Waals surface area contributed by atoms with Gasteiger partial charge in [0.2, 0.25) is 5.91 Å². The van der Waals surface area contributed by atoms with E-state index in [0.717, 1.165) is 32.1 Å². The van der Waals surface area contributed by atoms with Crippen molar-refractivity contribution in [2.45, 2.75) is 69.6 Å². The fourth-order valence-corrected chi connectivity index (χ4v) is 4.12. The number of carbonyl (C=O) groups excluding carboxylic acids is 2. The van der Waals surface area contributed by atoms with Crippen molar-refractivity contribution in [3.05, 3.63) is 0 Å². The lowest BCUT2D eigenvalue weighted by Crippen LogP contribution is -2.54. The van der Waals surface area contributed by atoms with Crippen LogP contribution in [-0.4, -0.2) is 41.3 Å². The van der Waals surface area contributed by atoms with Gasteiger partial charge >= 0.3 is 5.97 Å². The molecule has 0 bridgehead atoms. The maximum Gasteiger partial charge on any atom is 0.302 e. The van der Waals surface area contributed by atoms with E-state index in [2.05, 4.69) is 0 Å². The molecule has 5 nitrogen and oxygen atoms in total. The van der Waals surface area contributed by atoms with Crippen LogP contribution in [0.5, 0.6) is 0 Å². The standard InChI is InChI=1S/C15H23NO4/c1-12(17)19-10-9-14-8-5-13(18)16(14)15(20-11-14)6-3-2-4-7-15/h2-11H2,1H3. The van der Waals surface area contributed by atoms with Crippen LogP contribution >= 0.6 is 0 Å². The van der Waals surface area contributed by atoms with Crippen LogP contribution in [0.3, 0.4) is 0 Å². The number of nitrogens with zero attached hydrogens (tertiary/aromatic N) is 1. The smallest absolute Gasteiger partial charge is 0.302 e. The van der Waals surface area contributed by atoms with Gasteiger partial charge in [-0.1, -0.05) is 6.42 Å². The first kappa shape index (κ1) is 13.9. The lowest BCUT2D eigenvalue weighted by molar-refractivity contribution is -0.155. The zero-order valence-electron chi connectivity index (χ0n) is 12.2. The summed E-state index contributed by atoms with van der Waals surface area (Å²) in [6, 6.07) is 0. The Balaban J connectivity index is 1.77. The molecule has 2 heterocycles. The molecule has 2 saturated heterocycles. The van der Waals surface area contributed by atoms with Gasteiger partial charge in [-0.05, 0) is 32.1 Å². The quantitative estimate of drug-likeness (QED) is 0.742. The highest BCUT2D eigenvalue weighted by Gasteiger charge is 2.60. The minimum atomic E-state index is -0.359. The summed E-state index contributed by atoms with van der Waals surface area (Å²) < 4.78 is 11.2. The molecule has 5 heteroatoms. The largest absolute Gasteiger partial charge is 0.466 e. The third-order valence-corrected chi connectivity index (χ3v) is 5.05. The second kappa shape index (κ2) is 5.02. The van der Waals surface area contributed by atoms with E-state index in [1.807, 2.05) is 4.90 Å². The molecule has 1 saturated carbocycles. The van der Waals surface area contributed by atoms with E-state index in [0.29, 0.717) is 26.1 Å². The van der Waals surface area contributed by atoms with Crippen molar-refractivity contribution in [3.63, 3.8) is 0 Å². The number of hydrogen-bond acceptors (Lipinski definition) is 4. The Labute approximate surface area is 119 Å². The molecule has 112 valence electrons. The first-order valence-electron chi connectivity index (χ1n) is 7.69. The summed E-state index contributed by atoms with van der Waals surface area (Å²) >= 11 is 0. The second-order valence-corrected chi connectivity index (χ2v) is 6.34. The van der Waals surface area contributed by atoms with Crippen LogP contribution in [-0.2, 0) is 19.1 Å². The fraction of sp³-hybridized carbons (Fsp3) is 0.867. The highest BCUT2D eigenvalue weighted by Crippen LogP contribution is 2.50. The minimum Gasteiger partial charge on any atom is -0.466 e. The average Bonchev–Trinajstić information content (AvgIpc) is 2.90. The Morgan fingerprint density at radius 3 is 2.75 bits per heavy atom. The van der Waals surface area contributed by atoms with Crippen molar-refractivity contribution in [1.29, 1.82) is 0 Å². The zero-order valence-corrected chi connectivity index (χ0v) is 12.2. The lowest BCUT2D eigenvalue weighted by Gasteiger charge is -2.43. The number of amides is 1. The van der Waals surface area contributed by atoms with Gasteiger partial charge in [0.05, 0.1) is 18.8 Å². The molecule has 0 radical (unpaired) electrons. The zero-order chi connectivity index (χ0) is 14.2. The highest BCUT2D eigenvalue weighted by molar-refractivity contribution is 5.81. The molecule has 3 fully saturated rings. The second-order valence-electron chi connectivity index (χ2n) is 6.34. The summed E-state index contributed by atoms with van der Waals surface area (Å²) in [5, 5.41) is 0. The molecule has 0 aromatic heterocycles. The summed E-state index contributed by atoms with van der Waals surface area (Å²) in [5.41, 5.74) is -0.591. The predicted octanol–water partition coefficient (Wildman–Crippen LogP) is 1.99. The van der Waals surface area contributed by atoms with Crippen molar-refractivity contribution in [1.82, 2.24) is 4.90 Å². The molecule has 1 aliphatic carbocycles. The molecule has 1 unspecified atom stereocenters. The number of ether oxygens (including phenoxy) is 2. The van der Waals surface area contributed by atoms with Crippen LogP contribution in [0.4, 0.5) is 0 Å². The van der Waals surface area contributed by atoms with Gasteiger partial charge in [0.25, 0.3) is 0 Å². The number of esters is 1. The minimum absolute atomic E-state index is 0.215. The van der Waals surface area contributed by atoms with Crippen LogP contribution in [0.25, 0.3) is 0 Å². The molecule has 20 heavy (non-hydrogen) atoms. The summed E-state index contributed by atoms with van der Waals surface area (Å²) in [5.74, 6) is -0.0456. The van der Waals surface area contributed by atoms with E-state index in [-0.39, 0.29) is 23.1 Å². The van der Waals surface area contributed by atoms with E-state index in [9.17, 15) is 9.59 Å². The van der Waals surface area contributed by atoms with E-state index < -0.39 is 0 Å². The topological polar surface area (TPSA) is 55.8 Å². The normalized spacial score (nSPS) is 31.6. The van der Waals surface area contributed by atoms with Gasteiger partial charge in [-0.3, -0.25) is 9.59 Å². The number of carbonyl (C=O) groups is 2. The predicted molar refractivity (Wildman–Crippen MR) is 71.8 cm³/mol. The first-order valence-corrected chi connectivity index (χ1v) is 7.69. The van der Waals surface area contributed by atoms with Gasteiger partial charge in [0.15, 0.2) is 0 Å². The Morgan fingerprint density at radius 2 is 2.05 bits per heavy atom. The van der Waals surface area contributed by atoms with Crippen LogP contribution in [0, 0.1) is 0 Å². The molecule has 1 spiro atoms.